The molecule has 2 aromatic rings. The lowest BCUT2D eigenvalue weighted by atomic mass is 10.0. The van der Waals surface area contributed by atoms with E-state index in [1.54, 1.807) is 31.7 Å². The number of piperidine rings is 1. The van der Waals surface area contributed by atoms with Crippen molar-refractivity contribution in [3.05, 3.63) is 42.1 Å². The highest BCUT2D eigenvalue weighted by molar-refractivity contribution is 5.97. The van der Waals surface area contributed by atoms with Gasteiger partial charge in [-0.2, -0.15) is 0 Å². The number of piperazine rings is 1. The van der Waals surface area contributed by atoms with Gasteiger partial charge in [-0.3, -0.25) is 14.4 Å². The maximum atomic E-state index is 13.8. The first-order valence-corrected chi connectivity index (χ1v) is 15.5. The second-order valence-electron chi connectivity index (χ2n) is 12.3. The summed E-state index contributed by atoms with van der Waals surface area (Å²) in [5.74, 6) is -0.588. The lowest BCUT2D eigenvalue weighted by molar-refractivity contribution is -0.155. The van der Waals surface area contributed by atoms with Crippen LogP contribution >= 0.6 is 0 Å². The van der Waals surface area contributed by atoms with E-state index in [2.05, 4.69) is 10.3 Å². The Labute approximate surface area is 263 Å². The van der Waals surface area contributed by atoms with Gasteiger partial charge in [0.15, 0.2) is 5.82 Å². The molecule has 2 fully saturated rings. The summed E-state index contributed by atoms with van der Waals surface area (Å²) in [5, 5.41) is 12.9. The van der Waals surface area contributed by atoms with Gasteiger partial charge in [0.1, 0.15) is 23.2 Å². The number of hydrogen-bond donors (Lipinski definition) is 2. The summed E-state index contributed by atoms with van der Waals surface area (Å²) >= 11 is 0. The van der Waals surface area contributed by atoms with Gasteiger partial charge in [-0.15, -0.1) is 0 Å². The first-order valence-electron chi connectivity index (χ1n) is 15.5. The zero-order chi connectivity index (χ0) is 32.6. The molecule has 4 rings (SSSR count). The normalized spacial score (nSPS) is 17.8. The number of amides is 3. The predicted octanol–water partition coefficient (Wildman–Crippen LogP) is 2.63. The quantitative estimate of drug-likeness (QED) is 0.398. The maximum Gasteiger partial charge on any atom is 0.409 e. The Hall–Kier alpha value is -4.26. The van der Waals surface area contributed by atoms with E-state index in [9.17, 15) is 24.3 Å². The Morgan fingerprint density at radius 2 is 1.69 bits per heavy atom. The molecular weight excluding hydrogens is 580 g/mol. The smallest absolute Gasteiger partial charge is 0.409 e. The first kappa shape index (κ1) is 33.6. The Balaban J connectivity index is 1.60. The van der Waals surface area contributed by atoms with Crippen LogP contribution in [0.1, 0.15) is 63.4 Å². The summed E-state index contributed by atoms with van der Waals surface area (Å²) in [5.41, 5.74) is 0.0783. The third-order valence-corrected chi connectivity index (χ3v) is 7.79. The molecule has 2 aliphatic rings. The molecule has 0 aliphatic carbocycles. The molecule has 0 bridgehead atoms. The number of aliphatic hydroxyl groups excluding tert-OH is 1. The van der Waals surface area contributed by atoms with Crippen molar-refractivity contribution in [2.75, 3.05) is 51.3 Å². The minimum Gasteiger partial charge on any atom is -0.460 e. The topological polar surface area (TPSA) is 154 Å². The highest BCUT2D eigenvalue weighted by atomic mass is 16.6. The number of anilines is 1. The van der Waals surface area contributed by atoms with E-state index in [-0.39, 0.29) is 63.3 Å². The van der Waals surface area contributed by atoms with Crippen molar-refractivity contribution in [1.29, 1.82) is 0 Å². The molecule has 3 heterocycles. The molecule has 2 saturated heterocycles. The molecular formula is C32H44N6O7. The number of carbonyl (C=O) groups is 4. The van der Waals surface area contributed by atoms with Crippen molar-refractivity contribution in [3.8, 4) is 11.4 Å². The minimum atomic E-state index is -1.05. The molecule has 3 amide bonds. The molecule has 0 spiro atoms. The molecule has 2 aliphatic heterocycles. The molecule has 244 valence electrons. The highest BCUT2D eigenvalue weighted by Crippen LogP contribution is 2.26. The molecule has 0 radical (unpaired) electrons. The molecule has 1 unspecified atom stereocenters. The summed E-state index contributed by atoms with van der Waals surface area (Å²) in [6.07, 6.45) is 2.16. The maximum absolute atomic E-state index is 13.8. The first-order chi connectivity index (χ1) is 21.5. The molecule has 1 aromatic carbocycles. The molecule has 0 saturated carbocycles. The molecule has 2 atom stereocenters. The summed E-state index contributed by atoms with van der Waals surface area (Å²) in [6, 6.07) is 9.68. The number of carbonyl (C=O) groups excluding carboxylic acids is 4. The number of aromatic nitrogens is 2. The van der Waals surface area contributed by atoms with Crippen LogP contribution < -0.4 is 10.2 Å². The summed E-state index contributed by atoms with van der Waals surface area (Å²) < 4.78 is 10.2. The van der Waals surface area contributed by atoms with Crippen LogP contribution in [0.4, 0.5) is 10.6 Å². The van der Waals surface area contributed by atoms with E-state index in [4.69, 9.17) is 14.5 Å². The van der Waals surface area contributed by atoms with Gasteiger partial charge in [-0.05, 0) is 46.5 Å². The largest absolute Gasteiger partial charge is 0.460 e. The van der Waals surface area contributed by atoms with Gasteiger partial charge in [0.2, 0.25) is 5.91 Å². The number of nitrogens with one attached hydrogen (secondary N) is 1. The Morgan fingerprint density at radius 1 is 1.00 bits per heavy atom. The number of hydrogen-bond acceptors (Lipinski definition) is 10. The van der Waals surface area contributed by atoms with Gasteiger partial charge in [0.05, 0.1) is 19.8 Å². The van der Waals surface area contributed by atoms with Gasteiger partial charge < -0.3 is 34.6 Å². The van der Waals surface area contributed by atoms with Crippen LogP contribution in [0.15, 0.2) is 36.4 Å². The fraction of sp³-hybridized carbons (Fsp3) is 0.562. The van der Waals surface area contributed by atoms with Crippen molar-refractivity contribution < 1.29 is 33.8 Å². The van der Waals surface area contributed by atoms with E-state index in [1.807, 2.05) is 35.2 Å². The van der Waals surface area contributed by atoms with Crippen LogP contribution in [-0.2, 0) is 19.1 Å². The van der Waals surface area contributed by atoms with Crippen molar-refractivity contribution in [2.45, 2.75) is 70.6 Å². The average Bonchev–Trinajstić information content (AvgIpc) is 3.05. The van der Waals surface area contributed by atoms with Gasteiger partial charge in [0, 0.05) is 50.8 Å². The van der Waals surface area contributed by atoms with E-state index in [0.29, 0.717) is 23.8 Å². The molecule has 2 N–H and O–H groups in total. The highest BCUT2D eigenvalue weighted by Gasteiger charge is 2.32. The van der Waals surface area contributed by atoms with Gasteiger partial charge in [0.25, 0.3) is 5.91 Å². The average molecular weight is 625 g/mol. The Kier molecular flexibility index (Phi) is 11.3. The standard InChI is InChI=1S/C32H44N6O7/c1-32(2,3)45-27(40)14-13-24(30(42)36-16-18-37(19-17-36)31(43)44-4)34-29(41)25-20-26(38-15-9-8-12-23(38)21-39)35-28(33-25)22-10-6-5-7-11-22/h5-7,10-11,20,23-24,39H,8-9,12-19,21H2,1-4H3,(H,34,41)/t23-,24?/m0/s1. The number of esters is 1. The van der Waals surface area contributed by atoms with Gasteiger partial charge in [-0.25, -0.2) is 14.8 Å². The van der Waals surface area contributed by atoms with Crippen LogP contribution in [0, 0.1) is 0 Å². The van der Waals surface area contributed by atoms with E-state index in [1.165, 1.54) is 12.0 Å². The van der Waals surface area contributed by atoms with Crippen molar-refractivity contribution in [1.82, 2.24) is 25.1 Å². The number of ether oxygens (including phenoxy) is 2. The van der Waals surface area contributed by atoms with Crippen molar-refractivity contribution in [3.63, 3.8) is 0 Å². The van der Waals surface area contributed by atoms with E-state index in [0.717, 1.165) is 19.3 Å². The van der Waals surface area contributed by atoms with Gasteiger partial charge >= 0.3 is 12.1 Å². The van der Waals surface area contributed by atoms with E-state index >= 15 is 0 Å². The van der Waals surface area contributed by atoms with Crippen LogP contribution in [0.2, 0.25) is 0 Å². The lowest BCUT2D eigenvalue weighted by Gasteiger charge is -2.36. The summed E-state index contributed by atoms with van der Waals surface area (Å²) in [4.78, 5) is 66.5. The SMILES string of the molecule is COC(=O)N1CCN(C(=O)C(CCC(=O)OC(C)(C)C)NC(=O)c2cc(N3CCCC[C@H]3CO)nc(-c3ccccc3)n2)CC1. The Bertz CT molecular complexity index is 1340. The molecule has 13 nitrogen and oxygen atoms in total. The fourth-order valence-corrected chi connectivity index (χ4v) is 5.51. The monoisotopic (exact) mass is 624 g/mol. The molecule has 1 aromatic heterocycles. The van der Waals surface area contributed by atoms with Crippen LogP contribution in [0.25, 0.3) is 11.4 Å². The number of methoxy groups -OCH3 is 1. The zero-order valence-corrected chi connectivity index (χ0v) is 26.5. The lowest BCUT2D eigenvalue weighted by Crippen LogP contribution is -2.56. The number of rotatable bonds is 9. The van der Waals surface area contributed by atoms with Crippen molar-refractivity contribution >= 4 is 29.7 Å². The van der Waals surface area contributed by atoms with Crippen LogP contribution in [0.3, 0.4) is 0 Å². The minimum absolute atomic E-state index is 0.0128. The Morgan fingerprint density at radius 3 is 2.33 bits per heavy atom. The summed E-state index contributed by atoms with van der Waals surface area (Å²) in [6.45, 7) is 6.97. The third-order valence-electron chi connectivity index (χ3n) is 7.79. The van der Waals surface area contributed by atoms with Crippen LogP contribution in [-0.4, -0.2) is 113 Å². The number of nitrogens with zero attached hydrogens (tertiary/aromatic N) is 5. The van der Waals surface area contributed by atoms with Gasteiger partial charge in [-0.1, -0.05) is 30.3 Å². The third kappa shape index (κ3) is 9.13. The summed E-state index contributed by atoms with van der Waals surface area (Å²) in [7, 11) is 1.30. The second kappa shape index (κ2) is 15.2. The predicted molar refractivity (Wildman–Crippen MR) is 166 cm³/mol. The molecule has 13 heteroatoms. The van der Waals surface area contributed by atoms with E-state index < -0.39 is 29.6 Å². The second-order valence-corrected chi connectivity index (χ2v) is 12.3. The van der Waals surface area contributed by atoms with Crippen molar-refractivity contribution in [2.24, 2.45) is 0 Å². The van der Waals surface area contributed by atoms with Crippen LogP contribution in [0.5, 0.6) is 0 Å². The number of benzene rings is 1. The number of aliphatic hydroxyl groups is 1. The molecule has 45 heavy (non-hydrogen) atoms. The fourth-order valence-electron chi connectivity index (χ4n) is 5.51. The zero-order valence-electron chi connectivity index (χ0n) is 26.5.